The van der Waals surface area contributed by atoms with Crippen LogP contribution in [0.25, 0.3) is 0 Å². The van der Waals surface area contributed by atoms with E-state index in [4.69, 9.17) is 0 Å². The first-order valence-corrected chi connectivity index (χ1v) is 8.43. The number of benzene rings is 1. The Kier molecular flexibility index (Phi) is 3.76. The van der Waals surface area contributed by atoms with E-state index in [0.29, 0.717) is 4.90 Å². The molecule has 0 aliphatic carbocycles. The molecule has 0 spiro atoms. The number of fused-ring (bicyclic) bond motifs is 1. The lowest BCUT2D eigenvalue weighted by Gasteiger charge is -2.36. The molecule has 3 nitrogen and oxygen atoms in total. The van der Waals surface area contributed by atoms with E-state index < -0.39 is 9.84 Å². The molecule has 1 aliphatic rings. The van der Waals surface area contributed by atoms with Gasteiger partial charge >= 0.3 is 0 Å². The fourth-order valence-corrected chi connectivity index (χ4v) is 4.83. The molecule has 0 fully saturated rings. The summed E-state index contributed by atoms with van der Waals surface area (Å²) in [5.41, 5.74) is 3.13. The van der Waals surface area contributed by atoms with Crippen LogP contribution in [0.5, 0.6) is 0 Å². The Morgan fingerprint density at radius 3 is 2.32 bits per heavy atom. The minimum atomic E-state index is -3.20. The Hall–Kier alpha value is -0.870. The van der Waals surface area contributed by atoms with Crippen molar-refractivity contribution in [2.24, 2.45) is 5.92 Å². The number of hydrogen-bond donors (Lipinski definition) is 1. The summed E-state index contributed by atoms with van der Waals surface area (Å²) in [6, 6.07) is 4.00. The lowest BCUT2D eigenvalue weighted by Crippen LogP contribution is -2.41. The van der Waals surface area contributed by atoms with Gasteiger partial charge in [-0.15, -0.1) is 0 Å². The minimum Gasteiger partial charge on any atom is -0.310 e. The molecule has 3 atom stereocenters. The highest BCUT2D eigenvalue weighted by Gasteiger charge is 2.41. The van der Waals surface area contributed by atoms with E-state index in [1.165, 1.54) is 0 Å². The molecule has 4 heteroatoms. The second kappa shape index (κ2) is 4.91. The standard InChI is InChI=1S/C15H23NO2S/c1-6-16-15-11(4)12(5)19(17,18)14-8-10(3)9(2)7-13(14)15/h7-8,11-12,15-16H,6H2,1-5H3. The monoisotopic (exact) mass is 281 g/mol. The largest absolute Gasteiger partial charge is 0.310 e. The van der Waals surface area contributed by atoms with Crippen LogP contribution in [-0.4, -0.2) is 20.2 Å². The molecule has 1 aromatic carbocycles. The first kappa shape index (κ1) is 14.5. The molecule has 1 aromatic rings. The zero-order chi connectivity index (χ0) is 14.4. The molecule has 0 bridgehead atoms. The van der Waals surface area contributed by atoms with Crippen molar-refractivity contribution < 1.29 is 8.42 Å². The third-order valence-electron chi connectivity index (χ3n) is 4.45. The Balaban J connectivity index is 2.71. The Morgan fingerprint density at radius 1 is 1.16 bits per heavy atom. The van der Waals surface area contributed by atoms with E-state index >= 15 is 0 Å². The van der Waals surface area contributed by atoms with Crippen LogP contribution < -0.4 is 5.32 Å². The van der Waals surface area contributed by atoms with Gasteiger partial charge in [0.25, 0.3) is 0 Å². The molecule has 1 aliphatic heterocycles. The average Bonchev–Trinajstić information content (AvgIpc) is 2.35. The summed E-state index contributed by atoms with van der Waals surface area (Å²) in [5, 5.41) is 3.10. The highest BCUT2D eigenvalue weighted by molar-refractivity contribution is 7.92. The van der Waals surface area contributed by atoms with Crippen LogP contribution >= 0.6 is 0 Å². The predicted molar refractivity (Wildman–Crippen MR) is 78.1 cm³/mol. The third-order valence-corrected chi connectivity index (χ3v) is 6.82. The quantitative estimate of drug-likeness (QED) is 0.906. The zero-order valence-corrected chi connectivity index (χ0v) is 13.1. The number of aryl methyl sites for hydroxylation is 2. The Labute approximate surface area is 116 Å². The molecule has 0 saturated heterocycles. The van der Waals surface area contributed by atoms with Crippen molar-refractivity contribution in [2.75, 3.05) is 6.54 Å². The molecule has 0 amide bonds. The predicted octanol–water partition coefficient (Wildman–Crippen LogP) is 2.77. The fourth-order valence-electron chi connectivity index (χ4n) is 2.85. The summed E-state index contributed by atoms with van der Waals surface area (Å²) in [4.78, 5) is 0.521. The molecule has 3 unspecified atom stereocenters. The van der Waals surface area contributed by atoms with Crippen molar-refractivity contribution >= 4 is 9.84 Å². The van der Waals surface area contributed by atoms with Crippen LogP contribution in [0.1, 0.15) is 43.5 Å². The zero-order valence-electron chi connectivity index (χ0n) is 12.3. The highest BCUT2D eigenvalue weighted by atomic mass is 32.2. The van der Waals surface area contributed by atoms with Gasteiger partial charge in [0.05, 0.1) is 10.1 Å². The second-order valence-electron chi connectivity index (χ2n) is 5.62. The average molecular weight is 281 g/mol. The molecule has 0 radical (unpaired) electrons. The maximum absolute atomic E-state index is 12.6. The fraction of sp³-hybridized carbons (Fsp3) is 0.600. The summed E-state index contributed by atoms with van der Waals surface area (Å²) in [6.07, 6.45) is 0. The van der Waals surface area contributed by atoms with Gasteiger partial charge in [0.2, 0.25) is 0 Å². The smallest absolute Gasteiger partial charge is 0.181 e. The Bertz CT molecular complexity index is 592. The number of sulfone groups is 1. The van der Waals surface area contributed by atoms with E-state index in [1.807, 2.05) is 39.8 Å². The van der Waals surface area contributed by atoms with Gasteiger partial charge in [0.1, 0.15) is 0 Å². The van der Waals surface area contributed by atoms with Crippen molar-refractivity contribution in [3.8, 4) is 0 Å². The van der Waals surface area contributed by atoms with E-state index in [9.17, 15) is 8.42 Å². The molecule has 0 aromatic heterocycles. The summed E-state index contributed by atoms with van der Waals surface area (Å²) in [6.45, 7) is 10.7. The molecule has 1 heterocycles. The molecule has 106 valence electrons. The lowest BCUT2D eigenvalue weighted by atomic mass is 9.89. The van der Waals surface area contributed by atoms with Crippen molar-refractivity contribution in [3.63, 3.8) is 0 Å². The van der Waals surface area contributed by atoms with Crippen molar-refractivity contribution in [1.82, 2.24) is 5.32 Å². The van der Waals surface area contributed by atoms with Gasteiger partial charge in [-0.05, 0) is 56.0 Å². The summed E-state index contributed by atoms with van der Waals surface area (Å²) >= 11 is 0. The van der Waals surface area contributed by atoms with E-state index in [0.717, 1.165) is 23.2 Å². The van der Waals surface area contributed by atoms with Crippen LogP contribution in [0, 0.1) is 19.8 Å². The topological polar surface area (TPSA) is 46.2 Å². The molecule has 19 heavy (non-hydrogen) atoms. The van der Waals surface area contributed by atoms with Crippen molar-refractivity contribution in [3.05, 3.63) is 28.8 Å². The van der Waals surface area contributed by atoms with Crippen molar-refractivity contribution in [2.45, 2.75) is 50.8 Å². The van der Waals surface area contributed by atoms with Crippen molar-refractivity contribution in [1.29, 1.82) is 0 Å². The number of nitrogens with one attached hydrogen (secondary N) is 1. The van der Waals surface area contributed by atoms with Crippen LogP contribution in [0.2, 0.25) is 0 Å². The summed E-state index contributed by atoms with van der Waals surface area (Å²) in [7, 11) is -3.20. The van der Waals surface area contributed by atoms with Gasteiger partial charge in [0.15, 0.2) is 9.84 Å². The summed E-state index contributed by atoms with van der Waals surface area (Å²) < 4.78 is 25.2. The van der Waals surface area contributed by atoms with Gasteiger partial charge < -0.3 is 5.32 Å². The van der Waals surface area contributed by atoms with Crippen LogP contribution in [0.15, 0.2) is 17.0 Å². The SMILES string of the molecule is CCNC1c2cc(C)c(C)cc2S(=O)(=O)C(C)C1C. The van der Waals surface area contributed by atoms with Crippen LogP contribution in [0.3, 0.4) is 0 Å². The van der Waals surface area contributed by atoms with Crippen LogP contribution in [0.4, 0.5) is 0 Å². The van der Waals surface area contributed by atoms with E-state index in [-0.39, 0.29) is 17.2 Å². The van der Waals surface area contributed by atoms with E-state index in [1.54, 1.807) is 0 Å². The van der Waals surface area contributed by atoms with Gasteiger partial charge in [-0.2, -0.15) is 0 Å². The van der Waals surface area contributed by atoms with Gasteiger partial charge in [-0.3, -0.25) is 0 Å². The maximum Gasteiger partial charge on any atom is 0.181 e. The van der Waals surface area contributed by atoms with Gasteiger partial charge in [-0.25, -0.2) is 8.42 Å². The second-order valence-corrected chi connectivity index (χ2v) is 7.89. The molecule has 0 saturated carbocycles. The van der Waals surface area contributed by atoms with Gasteiger partial charge in [-0.1, -0.05) is 19.9 Å². The first-order chi connectivity index (χ1) is 8.80. The summed E-state index contributed by atoms with van der Waals surface area (Å²) in [5.74, 6) is 0.0829. The number of hydrogen-bond acceptors (Lipinski definition) is 3. The minimum absolute atomic E-state index is 0.0829. The number of rotatable bonds is 2. The molecule has 2 rings (SSSR count). The highest BCUT2D eigenvalue weighted by Crippen LogP contribution is 2.41. The van der Waals surface area contributed by atoms with E-state index in [2.05, 4.69) is 12.2 Å². The molecule has 1 N–H and O–H groups in total. The maximum atomic E-state index is 12.6. The molecular weight excluding hydrogens is 258 g/mol. The molecular formula is C15H23NO2S. The Morgan fingerprint density at radius 2 is 1.74 bits per heavy atom. The lowest BCUT2D eigenvalue weighted by molar-refractivity contribution is 0.364. The van der Waals surface area contributed by atoms with Crippen LogP contribution in [-0.2, 0) is 9.84 Å². The third kappa shape index (κ3) is 2.21. The van der Waals surface area contributed by atoms with Gasteiger partial charge in [0, 0.05) is 6.04 Å². The normalized spacial score (nSPS) is 29.0. The first-order valence-electron chi connectivity index (χ1n) is 6.89.